The first-order valence-electron chi connectivity index (χ1n) is 10.7. The van der Waals surface area contributed by atoms with Crippen molar-refractivity contribution in [2.75, 3.05) is 6.61 Å². The summed E-state index contributed by atoms with van der Waals surface area (Å²) < 4.78 is 5.25. The first-order valence-corrected chi connectivity index (χ1v) is 11.1. The largest absolute Gasteiger partial charge is 0.463 e. The summed E-state index contributed by atoms with van der Waals surface area (Å²) >= 11 is 6.58. The molecule has 1 aliphatic heterocycles. The number of carbonyl (C=O) groups is 1. The van der Waals surface area contributed by atoms with Crippen molar-refractivity contribution in [2.45, 2.75) is 38.0 Å². The van der Waals surface area contributed by atoms with E-state index < -0.39 is 21.7 Å². The van der Waals surface area contributed by atoms with Crippen LogP contribution >= 0.6 is 11.6 Å². The van der Waals surface area contributed by atoms with Gasteiger partial charge in [0.25, 0.3) is 11.4 Å². The minimum atomic E-state index is -1.14. The number of allylic oxidation sites excluding steroid dienone is 3. The van der Waals surface area contributed by atoms with Crippen LogP contribution in [0.2, 0.25) is 0 Å². The maximum absolute atomic E-state index is 13.1. The number of esters is 1. The van der Waals surface area contributed by atoms with Gasteiger partial charge in [-0.3, -0.25) is 20.2 Å². The topological polar surface area (TPSA) is 125 Å². The van der Waals surface area contributed by atoms with Crippen molar-refractivity contribution >= 4 is 23.3 Å². The first-order chi connectivity index (χ1) is 16.2. The highest BCUT2D eigenvalue weighted by Crippen LogP contribution is 2.41. The highest BCUT2D eigenvalue weighted by molar-refractivity contribution is 6.20. The fraction of sp³-hybridized carbons (Fsp3) is 0.292. The molecule has 0 amide bonds. The van der Waals surface area contributed by atoms with Gasteiger partial charge in [0.15, 0.2) is 0 Å². The van der Waals surface area contributed by atoms with Crippen molar-refractivity contribution in [3.8, 4) is 0 Å². The first kappa shape index (κ1) is 24.9. The Morgan fingerprint density at radius 3 is 2.44 bits per heavy atom. The van der Waals surface area contributed by atoms with Crippen molar-refractivity contribution in [3.63, 3.8) is 0 Å². The maximum Gasteiger partial charge on any atom is 0.336 e. The minimum Gasteiger partial charge on any atom is -0.463 e. The number of nitro benzene ring substituents is 1. The quantitative estimate of drug-likeness (QED) is 0.219. The molecule has 3 rings (SSSR count). The van der Waals surface area contributed by atoms with E-state index in [4.69, 9.17) is 16.3 Å². The molecule has 0 bridgehead atoms. The molecule has 178 valence electrons. The Morgan fingerprint density at radius 1 is 1.12 bits per heavy atom. The number of benzene rings is 2. The number of rotatable bonds is 9. The van der Waals surface area contributed by atoms with Crippen LogP contribution in [0.25, 0.3) is 0 Å². The molecule has 2 aromatic rings. The summed E-state index contributed by atoms with van der Waals surface area (Å²) in [4.78, 5) is 35.3. The Kier molecular flexibility index (Phi) is 8.01. The van der Waals surface area contributed by atoms with Crippen molar-refractivity contribution in [3.05, 3.63) is 109 Å². The van der Waals surface area contributed by atoms with Gasteiger partial charge in [0.1, 0.15) is 5.92 Å². The lowest BCUT2D eigenvalue weighted by Crippen LogP contribution is -2.32. The standard InChI is InChI=1S/C24H24ClN3O6/c1-3-34-24(29)22-20(13-12-19(25)16-8-5-4-6-9-16)26-15(2)23(28(32)33)21(22)17-10-7-11-18(14-17)27(30)31/h4-11,14,19,21,26H,3,12-13H2,1-2H3. The minimum absolute atomic E-state index is 0.0524. The number of nitro groups is 2. The summed E-state index contributed by atoms with van der Waals surface area (Å²) in [6.07, 6.45) is 0.754. The highest BCUT2D eigenvalue weighted by atomic mass is 35.5. The molecule has 0 aromatic heterocycles. The van der Waals surface area contributed by atoms with Gasteiger partial charge in [0.05, 0.1) is 33.1 Å². The fourth-order valence-electron chi connectivity index (χ4n) is 4.02. The molecule has 0 fully saturated rings. The number of nitrogens with one attached hydrogen (secondary N) is 1. The van der Waals surface area contributed by atoms with E-state index in [9.17, 15) is 25.0 Å². The number of carbonyl (C=O) groups excluding carboxylic acids is 1. The van der Waals surface area contributed by atoms with E-state index in [1.165, 1.54) is 24.3 Å². The molecule has 0 radical (unpaired) electrons. The Balaban J connectivity index is 2.10. The number of halogens is 1. The lowest BCUT2D eigenvalue weighted by molar-refractivity contribution is -0.431. The van der Waals surface area contributed by atoms with Gasteiger partial charge >= 0.3 is 5.97 Å². The van der Waals surface area contributed by atoms with E-state index in [1.54, 1.807) is 13.8 Å². The molecule has 0 saturated heterocycles. The Morgan fingerprint density at radius 2 is 1.82 bits per heavy atom. The number of non-ortho nitro benzene ring substituents is 1. The monoisotopic (exact) mass is 485 g/mol. The van der Waals surface area contributed by atoms with Crippen molar-refractivity contribution in [2.24, 2.45) is 0 Å². The number of dihydropyridines is 1. The smallest absolute Gasteiger partial charge is 0.336 e. The summed E-state index contributed by atoms with van der Waals surface area (Å²) in [5.41, 5.74) is 1.41. The average Bonchev–Trinajstić information content (AvgIpc) is 2.82. The van der Waals surface area contributed by atoms with Crippen LogP contribution in [-0.2, 0) is 9.53 Å². The number of alkyl halides is 1. The zero-order valence-electron chi connectivity index (χ0n) is 18.7. The van der Waals surface area contributed by atoms with E-state index in [0.29, 0.717) is 18.5 Å². The second kappa shape index (κ2) is 10.9. The number of hydrogen-bond donors (Lipinski definition) is 1. The number of hydrogen-bond acceptors (Lipinski definition) is 7. The molecule has 1 aliphatic rings. The van der Waals surface area contributed by atoms with Crippen molar-refractivity contribution in [1.29, 1.82) is 0 Å². The third-order valence-corrected chi connectivity index (χ3v) is 6.00. The van der Waals surface area contributed by atoms with Crippen LogP contribution in [0.3, 0.4) is 0 Å². The highest BCUT2D eigenvalue weighted by Gasteiger charge is 2.42. The van der Waals surface area contributed by atoms with Crippen LogP contribution < -0.4 is 5.32 Å². The summed E-state index contributed by atoms with van der Waals surface area (Å²) in [6.45, 7) is 3.24. The summed E-state index contributed by atoms with van der Waals surface area (Å²) in [6, 6.07) is 14.9. The van der Waals surface area contributed by atoms with Crippen LogP contribution in [0, 0.1) is 20.2 Å². The molecular weight excluding hydrogens is 462 g/mol. The van der Waals surface area contributed by atoms with Gasteiger partial charge in [-0.05, 0) is 37.8 Å². The Bertz CT molecular complexity index is 1160. The summed E-state index contributed by atoms with van der Waals surface area (Å²) in [5.74, 6) is -1.87. The molecule has 2 aromatic carbocycles. The second-order valence-electron chi connectivity index (χ2n) is 7.71. The molecule has 9 nitrogen and oxygen atoms in total. The van der Waals surface area contributed by atoms with E-state index in [2.05, 4.69) is 5.32 Å². The molecule has 34 heavy (non-hydrogen) atoms. The molecule has 0 saturated carbocycles. The molecule has 10 heteroatoms. The molecule has 2 unspecified atom stereocenters. The van der Waals surface area contributed by atoms with Crippen molar-refractivity contribution in [1.82, 2.24) is 5.32 Å². The Labute approximate surface area is 201 Å². The predicted molar refractivity (Wildman–Crippen MR) is 127 cm³/mol. The van der Waals surface area contributed by atoms with E-state index >= 15 is 0 Å². The third kappa shape index (κ3) is 5.43. The lowest BCUT2D eigenvalue weighted by Gasteiger charge is -2.28. The van der Waals surface area contributed by atoms with E-state index in [-0.39, 0.29) is 40.2 Å². The van der Waals surface area contributed by atoms with Gasteiger partial charge in [-0.2, -0.15) is 0 Å². The maximum atomic E-state index is 13.1. The van der Waals surface area contributed by atoms with Crippen molar-refractivity contribution < 1.29 is 19.4 Å². The number of ether oxygens (including phenoxy) is 1. The molecular formula is C24H24ClN3O6. The van der Waals surface area contributed by atoms with Crippen LogP contribution in [0.15, 0.2) is 77.3 Å². The molecule has 0 spiro atoms. The average molecular weight is 486 g/mol. The van der Waals surface area contributed by atoms with Crippen LogP contribution in [0.4, 0.5) is 5.69 Å². The third-order valence-electron chi connectivity index (χ3n) is 5.53. The van der Waals surface area contributed by atoms with Gasteiger partial charge in [0, 0.05) is 17.8 Å². The summed E-state index contributed by atoms with van der Waals surface area (Å²) in [7, 11) is 0. The zero-order valence-corrected chi connectivity index (χ0v) is 19.4. The van der Waals surface area contributed by atoms with Gasteiger partial charge in [-0.1, -0.05) is 42.5 Å². The van der Waals surface area contributed by atoms with E-state index in [0.717, 1.165) is 5.56 Å². The zero-order chi connectivity index (χ0) is 24.8. The van der Waals surface area contributed by atoms with Gasteiger partial charge < -0.3 is 10.1 Å². The van der Waals surface area contributed by atoms with Crippen LogP contribution in [0.1, 0.15) is 49.1 Å². The summed E-state index contributed by atoms with van der Waals surface area (Å²) in [5, 5.41) is 26.0. The molecule has 1 heterocycles. The lowest BCUT2D eigenvalue weighted by atomic mass is 9.82. The molecule has 1 N–H and O–H groups in total. The van der Waals surface area contributed by atoms with Crippen LogP contribution in [-0.4, -0.2) is 22.4 Å². The molecule has 2 atom stereocenters. The predicted octanol–water partition coefficient (Wildman–Crippen LogP) is 5.37. The normalized spacial score (nSPS) is 16.6. The SMILES string of the molecule is CCOC(=O)C1=C(CCC(Cl)c2ccccc2)NC(C)=C([N+](=O)[O-])C1c1cccc([N+](=O)[O-])c1. The number of nitrogens with zero attached hydrogens (tertiary/aromatic N) is 2. The molecule has 0 aliphatic carbocycles. The van der Waals surface area contributed by atoms with Gasteiger partial charge in [0.2, 0.25) is 0 Å². The van der Waals surface area contributed by atoms with Gasteiger partial charge in [-0.15, -0.1) is 11.6 Å². The van der Waals surface area contributed by atoms with Gasteiger partial charge in [-0.25, -0.2) is 4.79 Å². The fourth-order valence-corrected chi connectivity index (χ4v) is 4.27. The Hall–Kier alpha value is -3.72. The second-order valence-corrected chi connectivity index (χ2v) is 8.23. The van der Waals surface area contributed by atoms with E-state index in [1.807, 2.05) is 30.3 Å². The van der Waals surface area contributed by atoms with Crippen LogP contribution in [0.5, 0.6) is 0 Å².